The van der Waals surface area contributed by atoms with E-state index in [-0.39, 0.29) is 5.91 Å². The second-order valence-electron chi connectivity index (χ2n) is 8.08. The largest absolute Gasteiger partial charge is 0.368 e. The molecule has 0 radical (unpaired) electrons. The summed E-state index contributed by atoms with van der Waals surface area (Å²) in [5.41, 5.74) is 2.01. The Morgan fingerprint density at radius 3 is 2.03 bits per heavy atom. The van der Waals surface area contributed by atoms with Gasteiger partial charge in [0, 0.05) is 50.4 Å². The van der Waals surface area contributed by atoms with E-state index in [0.29, 0.717) is 18.7 Å². The molecule has 29 heavy (non-hydrogen) atoms. The lowest BCUT2D eigenvalue weighted by Gasteiger charge is -2.36. The lowest BCUT2D eigenvalue weighted by Crippen LogP contribution is -2.48. The Hall–Kier alpha value is -2.04. The third-order valence-electron chi connectivity index (χ3n) is 5.65. The number of nitrogens with zero attached hydrogens (tertiary/aromatic N) is 2. The summed E-state index contributed by atoms with van der Waals surface area (Å²) in [5.74, 6) is 0.398. The lowest BCUT2D eigenvalue weighted by atomic mass is 10.1. The number of piperazine rings is 1. The number of unbranched alkanes of at least 4 members (excludes halogenated alkanes) is 6. The van der Waals surface area contributed by atoms with Gasteiger partial charge in [-0.15, -0.1) is 0 Å². The average molecular weight is 402 g/mol. The molecule has 0 aromatic heterocycles. The molecule has 1 aromatic carbocycles. The molecule has 0 spiro atoms. The van der Waals surface area contributed by atoms with Gasteiger partial charge in [-0.3, -0.25) is 9.59 Å². The molecule has 2 amide bonds. The third-order valence-corrected chi connectivity index (χ3v) is 5.65. The summed E-state index contributed by atoms with van der Waals surface area (Å²) in [7, 11) is 0. The second-order valence-corrected chi connectivity index (χ2v) is 8.08. The summed E-state index contributed by atoms with van der Waals surface area (Å²) in [6.45, 7) is 7.67. The quantitative estimate of drug-likeness (QED) is 0.489. The molecule has 0 saturated carbocycles. The molecule has 5 nitrogen and oxygen atoms in total. The molecule has 2 rings (SSSR count). The molecule has 1 saturated heterocycles. The number of amides is 2. The summed E-state index contributed by atoms with van der Waals surface area (Å²) in [4.78, 5) is 28.6. The molecule has 1 aromatic rings. The van der Waals surface area contributed by atoms with E-state index in [9.17, 15) is 9.59 Å². The van der Waals surface area contributed by atoms with E-state index in [1.165, 1.54) is 19.3 Å². The standard InChI is InChI=1S/C24H39N3O2/c1-3-5-7-8-10-11-23(28)25-21-13-15-22(16-14-21)26-17-19-27(20-18-26)24(29)12-9-6-4-2/h13-16H,3-12,17-20H2,1-2H3,(H,25,28). The SMILES string of the molecule is CCCCCCCC(=O)Nc1ccc(N2CCN(C(=O)CCCCC)CC2)cc1. The highest BCUT2D eigenvalue weighted by atomic mass is 16.2. The molecule has 1 fully saturated rings. The molecular formula is C24H39N3O2. The van der Waals surface area contributed by atoms with Crippen molar-refractivity contribution in [2.45, 2.75) is 78.1 Å². The van der Waals surface area contributed by atoms with Crippen molar-refractivity contribution in [2.75, 3.05) is 36.4 Å². The van der Waals surface area contributed by atoms with Gasteiger partial charge in [0.2, 0.25) is 11.8 Å². The smallest absolute Gasteiger partial charge is 0.224 e. The van der Waals surface area contributed by atoms with E-state index >= 15 is 0 Å². The Morgan fingerprint density at radius 2 is 1.38 bits per heavy atom. The molecule has 1 aliphatic rings. The summed E-state index contributed by atoms with van der Waals surface area (Å²) >= 11 is 0. The van der Waals surface area contributed by atoms with Crippen LogP contribution in [0.25, 0.3) is 0 Å². The van der Waals surface area contributed by atoms with Gasteiger partial charge in [0.25, 0.3) is 0 Å². The monoisotopic (exact) mass is 401 g/mol. The Balaban J connectivity index is 1.71. The van der Waals surface area contributed by atoms with Gasteiger partial charge in [0.15, 0.2) is 0 Å². The summed E-state index contributed by atoms with van der Waals surface area (Å²) in [6.07, 6.45) is 10.4. The van der Waals surface area contributed by atoms with Crippen LogP contribution < -0.4 is 10.2 Å². The van der Waals surface area contributed by atoms with Crippen molar-refractivity contribution in [3.63, 3.8) is 0 Å². The summed E-state index contributed by atoms with van der Waals surface area (Å²) in [5, 5.41) is 3.00. The fourth-order valence-electron chi connectivity index (χ4n) is 3.77. The van der Waals surface area contributed by atoms with E-state index in [4.69, 9.17) is 0 Å². The molecule has 1 heterocycles. The maximum Gasteiger partial charge on any atom is 0.224 e. The van der Waals surface area contributed by atoms with E-state index in [0.717, 1.165) is 69.7 Å². The maximum absolute atomic E-state index is 12.3. The Morgan fingerprint density at radius 1 is 0.793 bits per heavy atom. The van der Waals surface area contributed by atoms with Gasteiger partial charge in [0.1, 0.15) is 0 Å². The molecule has 0 atom stereocenters. The summed E-state index contributed by atoms with van der Waals surface area (Å²) < 4.78 is 0. The Bertz CT molecular complexity index is 607. The zero-order chi connectivity index (χ0) is 20.9. The molecule has 0 unspecified atom stereocenters. The fourth-order valence-corrected chi connectivity index (χ4v) is 3.77. The lowest BCUT2D eigenvalue weighted by molar-refractivity contribution is -0.131. The molecule has 0 aliphatic carbocycles. The molecule has 5 heteroatoms. The minimum Gasteiger partial charge on any atom is -0.368 e. The Labute approximate surface area is 176 Å². The number of benzene rings is 1. The van der Waals surface area contributed by atoms with Crippen LogP contribution in [-0.2, 0) is 9.59 Å². The van der Waals surface area contributed by atoms with Gasteiger partial charge in [-0.2, -0.15) is 0 Å². The second kappa shape index (κ2) is 13.2. The van der Waals surface area contributed by atoms with Crippen LogP contribution >= 0.6 is 0 Å². The first kappa shape index (κ1) is 23.2. The molecule has 162 valence electrons. The highest BCUT2D eigenvalue weighted by Gasteiger charge is 2.20. The van der Waals surface area contributed by atoms with Crippen LogP contribution in [0.3, 0.4) is 0 Å². The highest BCUT2D eigenvalue weighted by molar-refractivity contribution is 5.90. The van der Waals surface area contributed by atoms with Crippen molar-refractivity contribution >= 4 is 23.2 Å². The number of hydrogen-bond donors (Lipinski definition) is 1. The van der Waals surface area contributed by atoms with Crippen LogP contribution in [-0.4, -0.2) is 42.9 Å². The molecule has 1 N–H and O–H groups in total. The number of carbonyl (C=O) groups excluding carboxylic acids is 2. The van der Waals surface area contributed by atoms with Crippen LogP contribution in [0, 0.1) is 0 Å². The van der Waals surface area contributed by atoms with Crippen LogP contribution in [0.15, 0.2) is 24.3 Å². The van der Waals surface area contributed by atoms with Gasteiger partial charge in [-0.25, -0.2) is 0 Å². The highest BCUT2D eigenvalue weighted by Crippen LogP contribution is 2.20. The van der Waals surface area contributed by atoms with Crippen LogP contribution in [0.2, 0.25) is 0 Å². The van der Waals surface area contributed by atoms with Crippen molar-refractivity contribution in [2.24, 2.45) is 0 Å². The van der Waals surface area contributed by atoms with Crippen LogP contribution in [0.5, 0.6) is 0 Å². The van der Waals surface area contributed by atoms with Crippen molar-refractivity contribution < 1.29 is 9.59 Å². The van der Waals surface area contributed by atoms with Gasteiger partial charge in [-0.1, -0.05) is 52.4 Å². The minimum atomic E-state index is 0.101. The van der Waals surface area contributed by atoms with Gasteiger partial charge in [-0.05, 0) is 37.1 Å². The van der Waals surface area contributed by atoms with E-state index in [1.807, 2.05) is 17.0 Å². The Kier molecular flexibility index (Phi) is 10.6. The van der Waals surface area contributed by atoms with Crippen molar-refractivity contribution in [1.82, 2.24) is 4.90 Å². The fraction of sp³-hybridized carbons (Fsp3) is 0.667. The molecule has 1 aliphatic heterocycles. The number of carbonyl (C=O) groups is 2. The minimum absolute atomic E-state index is 0.101. The number of hydrogen-bond acceptors (Lipinski definition) is 3. The first-order valence-corrected chi connectivity index (χ1v) is 11.6. The first-order valence-electron chi connectivity index (χ1n) is 11.6. The zero-order valence-electron chi connectivity index (χ0n) is 18.4. The van der Waals surface area contributed by atoms with Crippen molar-refractivity contribution in [1.29, 1.82) is 0 Å². The van der Waals surface area contributed by atoms with E-state index < -0.39 is 0 Å². The van der Waals surface area contributed by atoms with Gasteiger partial charge >= 0.3 is 0 Å². The molecule has 0 bridgehead atoms. The third kappa shape index (κ3) is 8.46. The topological polar surface area (TPSA) is 52.7 Å². The van der Waals surface area contributed by atoms with Crippen LogP contribution in [0.1, 0.15) is 78.1 Å². The predicted molar refractivity (Wildman–Crippen MR) is 121 cm³/mol. The number of nitrogens with one attached hydrogen (secondary N) is 1. The average Bonchev–Trinajstić information content (AvgIpc) is 2.74. The first-order chi connectivity index (χ1) is 14.1. The van der Waals surface area contributed by atoms with Gasteiger partial charge in [0.05, 0.1) is 0 Å². The molecular weight excluding hydrogens is 362 g/mol. The zero-order valence-corrected chi connectivity index (χ0v) is 18.4. The van der Waals surface area contributed by atoms with Crippen LogP contribution in [0.4, 0.5) is 11.4 Å². The number of rotatable bonds is 12. The normalized spacial score (nSPS) is 14.1. The summed E-state index contributed by atoms with van der Waals surface area (Å²) in [6, 6.07) is 8.09. The van der Waals surface area contributed by atoms with Gasteiger partial charge < -0.3 is 15.1 Å². The van der Waals surface area contributed by atoms with E-state index in [2.05, 4.69) is 36.2 Å². The maximum atomic E-state index is 12.3. The van der Waals surface area contributed by atoms with Crippen molar-refractivity contribution in [3.8, 4) is 0 Å². The van der Waals surface area contributed by atoms with Crippen molar-refractivity contribution in [3.05, 3.63) is 24.3 Å². The van der Waals surface area contributed by atoms with E-state index in [1.54, 1.807) is 0 Å². The number of anilines is 2. The predicted octanol–water partition coefficient (Wildman–Crippen LogP) is 5.21.